The third-order valence-corrected chi connectivity index (χ3v) is 2.69. The molecule has 1 saturated heterocycles. The summed E-state index contributed by atoms with van der Waals surface area (Å²) < 4.78 is 0. The molecule has 1 radical (unpaired) electrons. The lowest BCUT2D eigenvalue weighted by Crippen LogP contribution is -2.36. The van der Waals surface area contributed by atoms with Gasteiger partial charge in [0.1, 0.15) is 6.20 Å². The van der Waals surface area contributed by atoms with Crippen LogP contribution in [0.2, 0.25) is 0 Å². The summed E-state index contributed by atoms with van der Waals surface area (Å²) in [4.78, 5) is 6.33. The lowest BCUT2D eigenvalue weighted by atomic mass is 10.1. The van der Waals surface area contributed by atoms with E-state index in [2.05, 4.69) is 28.4 Å². The molecule has 0 spiro atoms. The number of aromatic nitrogens is 1. The van der Waals surface area contributed by atoms with Crippen LogP contribution in [0.5, 0.6) is 0 Å². The molecule has 0 bridgehead atoms. The van der Waals surface area contributed by atoms with Crippen molar-refractivity contribution in [1.82, 2.24) is 9.88 Å². The Labute approximate surface area is 85.1 Å². The highest BCUT2D eigenvalue weighted by molar-refractivity contribution is 5.39. The Balaban J connectivity index is 1.87. The Morgan fingerprint density at radius 3 is 2.93 bits per heavy atom. The molecule has 2 rings (SSSR count). The first-order valence-corrected chi connectivity index (χ1v) is 5.12. The molecule has 14 heavy (non-hydrogen) atoms. The van der Waals surface area contributed by atoms with Crippen LogP contribution in [0.3, 0.4) is 0 Å². The van der Waals surface area contributed by atoms with Crippen molar-refractivity contribution in [1.29, 1.82) is 0 Å². The van der Waals surface area contributed by atoms with E-state index in [1.54, 1.807) is 6.20 Å². The van der Waals surface area contributed by atoms with Crippen molar-refractivity contribution in [2.75, 3.05) is 25.5 Å². The fourth-order valence-electron chi connectivity index (χ4n) is 1.78. The summed E-state index contributed by atoms with van der Waals surface area (Å²) in [6, 6.07) is 4.55. The molecule has 0 atom stereocenters. The summed E-state index contributed by atoms with van der Waals surface area (Å²) in [5.74, 6) is 0. The SMILES string of the molecule is CN1CCC(Nc2[c]nccc2)CC1. The Bertz CT molecular complexity index is 265. The third-order valence-electron chi connectivity index (χ3n) is 2.69. The van der Waals surface area contributed by atoms with Crippen LogP contribution < -0.4 is 5.32 Å². The monoisotopic (exact) mass is 190 g/mol. The van der Waals surface area contributed by atoms with Gasteiger partial charge in [-0.1, -0.05) is 0 Å². The number of pyridine rings is 1. The van der Waals surface area contributed by atoms with Crippen LogP contribution in [0.25, 0.3) is 0 Å². The first-order chi connectivity index (χ1) is 6.84. The van der Waals surface area contributed by atoms with Crippen molar-refractivity contribution in [3.8, 4) is 0 Å². The molecule has 2 heterocycles. The molecule has 0 aromatic carbocycles. The number of rotatable bonds is 2. The second kappa shape index (κ2) is 4.42. The standard InChI is InChI=1S/C11H16N3/c1-14-7-4-10(5-8-14)13-11-3-2-6-12-9-11/h2-3,6,10,13H,4-5,7-8H2,1H3. The first-order valence-electron chi connectivity index (χ1n) is 5.12. The zero-order chi connectivity index (χ0) is 9.80. The van der Waals surface area contributed by atoms with Crippen molar-refractivity contribution in [2.24, 2.45) is 0 Å². The second-order valence-corrected chi connectivity index (χ2v) is 3.88. The average molecular weight is 190 g/mol. The maximum atomic E-state index is 3.97. The van der Waals surface area contributed by atoms with E-state index in [4.69, 9.17) is 0 Å². The summed E-state index contributed by atoms with van der Waals surface area (Å²) >= 11 is 0. The van der Waals surface area contributed by atoms with Crippen LogP contribution in [0, 0.1) is 6.20 Å². The summed E-state index contributed by atoms with van der Waals surface area (Å²) in [6.07, 6.45) is 7.12. The van der Waals surface area contributed by atoms with Crippen molar-refractivity contribution in [3.63, 3.8) is 0 Å². The van der Waals surface area contributed by atoms with Gasteiger partial charge in [-0.3, -0.25) is 4.98 Å². The molecule has 1 aromatic heterocycles. The summed E-state index contributed by atoms with van der Waals surface area (Å²) in [5, 5.41) is 3.46. The fraction of sp³-hybridized carbons (Fsp3) is 0.545. The second-order valence-electron chi connectivity index (χ2n) is 3.88. The molecular formula is C11H16N3. The molecule has 1 N–H and O–H groups in total. The molecule has 0 aliphatic carbocycles. The highest BCUT2D eigenvalue weighted by atomic mass is 15.1. The third kappa shape index (κ3) is 2.45. The minimum Gasteiger partial charge on any atom is -0.380 e. The molecule has 0 saturated carbocycles. The van der Waals surface area contributed by atoms with Crippen LogP contribution >= 0.6 is 0 Å². The molecule has 1 aliphatic heterocycles. The molecule has 0 amide bonds. The highest BCUT2D eigenvalue weighted by Gasteiger charge is 2.15. The van der Waals surface area contributed by atoms with E-state index in [0.717, 1.165) is 5.69 Å². The van der Waals surface area contributed by atoms with Gasteiger partial charge in [0.2, 0.25) is 0 Å². The van der Waals surface area contributed by atoms with Gasteiger partial charge in [-0.25, -0.2) is 0 Å². The number of hydrogen-bond donors (Lipinski definition) is 1. The number of hydrogen-bond acceptors (Lipinski definition) is 3. The Hall–Kier alpha value is -1.09. The summed E-state index contributed by atoms with van der Waals surface area (Å²) in [5.41, 5.74) is 1.02. The van der Waals surface area contributed by atoms with Crippen molar-refractivity contribution in [3.05, 3.63) is 24.5 Å². The summed E-state index contributed by atoms with van der Waals surface area (Å²) in [6.45, 7) is 2.36. The van der Waals surface area contributed by atoms with E-state index >= 15 is 0 Å². The fourth-order valence-corrected chi connectivity index (χ4v) is 1.78. The van der Waals surface area contributed by atoms with E-state index in [1.807, 2.05) is 12.1 Å². The van der Waals surface area contributed by atoms with Gasteiger partial charge in [-0.15, -0.1) is 0 Å². The maximum Gasteiger partial charge on any atom is 0.114 e. The predicted molar refractivity (Wildman–Crippen MR) is 57.2 cm³/mol. The quantitative estimate of drug-likeness (QED) is 0.763. The van der Waals surface area contributed by atoms with Gasteiger partial charge in [0.05, 0.1) is 5.69 Å². The van der Waals surface area contributed by atoms with Crippen LogP contribution in [0.1, 0.15) is 12.8 Å². The van der Waals surface area contributed by atoms with E-state index in [1.165, 1.54) is 25.9 Å². The number of anilines is 1. The van der Waals surface area contributed by atoms with Gasteiger partial charge >= 0.3 is 0 Å². The first kappa shape index (κ1) is 9.46. The van der Waals surface area contributed by atoms with Crippen molar-refractivity contribution >= 4 is 5.69 Å². The topological polar surface area (TPSA) is 28.2 Å². The zero-order valence-corrected chi connectivity index (χ0v) is 8.53. The number of nitrogens with zero attached hydrogens (tertiary/aromatic N) is 2. The van der Waals surface area contributed by atoms with Crippen LogP contribution in [0.4, 0.5) is 5.69 Å². The van der Waals surface area contributed by atoms with Crippen LogP contribution in [0.15, 0.2) is 18.3 Å². The maximum absolute atomic E-state index is 3.97. The van der Waals surface area contributed by atoms with Gasteiger partial charge < -0.3 is 10.2 Å². The smallest absolute Gasteiger partial charge is 0.114 e. The molecule has 0 unspecified atom stereocenters. The van der Waals surface area contributed by atoms with Gasteiger partial charge in [0.25, 0.3) is 0 Å². The lowest BCUT2D eigenvalue weighted by molar-refractivity contribution is 0.264. The zero-order valence-electron chi connectivity index (χ0n) is 8.53. The van der Waals surface area contributed by atoms with E-state index in [9.17, 15) is 0 Å². The molecule has 1 aromatic rings. The van der Waals surface area contributed by atoms with Crippen LogP contribution in [-0.4, -0.2) is 36.1 Å². The predicted octanol–water partition coefficient (Wildman–Crippen LogP) is 1.39. The van der Waals surface area contributed by atoms with Gasteiger partial charge in [-0.2, -0.15) is 0 Å². The van der Waals surface area contributed by atoms with E-state index in [-0.39, 0.29) is 0 Å². The van der Waals surface area contributed by atoms with E-state index < -0.39 is 0 Å². The van der Waals surface area contributed by atoms with E-state index in [0.29, 0.717) is 6.04 Å². The molecular weight excluding hydrogens is 174 g/mol. The van der Waals surface area contributed by atoms with Crippen molar-refractivity contribution in [2.45, 2.75) is 18.9 Å². The Morgan fingerprint density at radius 2 is 2.29 bits per heavy atom. The normalized spacial score (nSPS) is 19.5. The Kier molecular flexibility index (Phi) is 2.99. The average Bonchev–Trinajstić information content (AvgIpc) is 2.23. The van der Waals surface area contributed by atoms with Crippen LogP contribution in [-0.2, 0) is 0 Å². The van der Waals surface area contributed by atoms with Gasteiger partial charge in [-0.05, 0) is 45.1 Å². The number of likely N-dealkylation sites (tertiary alicyclic amines) is 1. The number of nitrogens with one attached hydrogen (secondary N) is 1. The largest absolute Gasteiger partial charge is 0.380 e. The molecule has 75 valence electrons. The van der Waals surface area contributed by atoms with Gasteiger partial charge in [0.15, 0.2) is 0 Å². The molecule has 3 nitrogen and oxygen atoms in total. The molecule has 1 aliphatic rings. The van der Waals surface area contributed by atoms with Crippen molar-refractivity contribution < 1.29 is 0 Å². The lowest BCUT2D eigenvalue weighted by Gasteiger charge is -2.29. The minimum absolute atomic E-state index is 0.589. The summed E-state index contributed by atoms with van der Waals surface area (Å²) in [7, 11) is 2.17. The minimum atomic E-state index is 0.589. The molecule has 1 fully saturated rings. The number of piperidine rings is 1. The highest BCUT2D eigenvalue weighted by Crippen LogP contribution is 2.13. The molecule has 3 heteroatoms. The van der Waals surface area contributed by atoms with Gasteiger partial charge in [0, 0.05) is 12.2 Å². The Morgan fingerprint density at radius 1 is 1.50 bits per heavy atom.